The van der Waals surface area contributed by atoms with Crippen LogP contribution in [0.1, 0.15) is 30.9 Å². The minimum Gasteiger partial charge on any atom is -0.344 e. The lowest BCUT2D eigenvalue weighted by Crippen LogP contribution is -2.19. The van der Waals surface area contributed by atoms with Gasteiger partial charge in [0.1, 0.15) is 5.82 Å². The Morgan fingerprint density at radius 2 is 2.10 bits per heavy atom. The maximum atomic E-state index is 4.44. The lowest BCUT2D eigenvalue weighted by Gasteiger charge is -2.05. The predicted octanol–water partition coefficient (Wildman–Crippen LogP) is 3.76. The van der Waals surface area contributed by atoms with Crippen molar-refractivity contribution in [2.75, 3.05) is 6.54 Å². The van der Waals surface area contributed by atoms with E-state index >= 15 is 0 Å². The van der Waals surface area contributed by atoms with Crippen LogP contribution in [0, 0.1) is 12.8 Å². The zero-order valence-electron chi connectivity index (χ0n) is 12.4. The van der Waals surface area contributed by atoms with E-state index in [2.05, 4.69) is 60.3 Å². The Balaban J connectivity index is 1.82. The first-order valence-electron chi connectivity index (χ1n) is 7.07. The second kappa shape index (κ2) is 7.50. The molecule has 3 nitrogen and oxygen atoms in total. The monoisotopic (exact) mass is 289 g/mol. The third-order valence-electron chi connectivity index (χ3n) is 3.01. The number of thioether (sulfide) groups is 1. The highest BCUT2D eigenvalue weighted by atomic mass is 32.2. The molecule has 0 atom stereocenters. The highest BCUT2D eigenvalue weighted by Crippen LogP contribution is 2.24. The molecule has 108 valence electrons. The molecule has 0 amide bonds. The molecule has 0 radical (unpaired) electrons. The number of imidazole rings is 1. The lowest BCUT2D eigenvalue weighted by molar-refractivity contribution is 0.549. The topological polar surface area (TPSA) is 40.7 Å². The lowest BCUT2D eigenvalue weighted by atomic mass is 10.2. The molecule has 1 aromatic heterocycles. The summed E-state index contributed by atoms with van der Waals surface area (Å²) in [5, 5.41) is 3.42. The Morgan fingerprint density at radius 3 is 2.85 bits per heavy atom. The van der Waals surface area contributed by atoms with Gasteiger partial charge in [0.2, 0.25) is 0 Å². The summed E-state index contributed by atoms with van der Waals surface area (Å²) >= 11 is 1.83. The number of hydrogen-bond donors (Lipinski definition) is 2. The van der Waals surface area contributed by atoms with Gasteiger partial charge in [-0.2, -0.15) is 0 Å². The van der Waals surface area contributed by atoms with Crippen LogP contribution in [-0.2, 0) is 12.3 Å². The van der Waals surface area contributed by atoms with Crippen LogP contribution in [-0.4, -0.2) is 16.5 Å². The summed E-state index contributed by atoms with van der Waals surface area (Å²) in [4.78, 5) is 9.15. The highest BCUT2D eigenvalue weighted by Gasteiger charge is 2.03. The maximum absolute atomic E-state index is 4.44. The number of benzene rings is 1. The van der Waals surface area contributed by atoms with Crippen LogP contribution in [0.15, 0.2) is 35.4 Å². The summed E-state index contributed by atoms with van der Waals surface area (Å²) < 4.78 is 0. The Morgan fingerprint density at radius 1 is 1.30 bits per heavy atom. The number of aryl methyl sites for hydroxylation is 1. The number of rotatable bonds is 7. The molecule has 0 fully saturated rings. The van der Waals surface area contributed by atoms with Crippen LogP contribution in [0.3, 0.4) is 0 Å². The van der Waals surface area contributed by atoms with E-state index < -0.39 is 0 Å². The Hall–Kier alpha value is -1.26. The quantitative estimate of drug-likeness (QED) is 0.763. The van der Waals surface area contributed by atoms with E-state index in [9.17, 15) is 0 Å². The minimum atomic E-state index is 0.675. The van der Waals surface area contributed by atoms with Gasteiger partial charge in [-0.25, -0.2) is 4.98 Å². The van der Waals surface area contributed by atoms with E-state index in [0.717, 1.165) is 30.4 Å². The van der Waals surface area contributed by atoms with Crippen molar-refractivity contribution in [2.45, 2.75) is 38.0 Å². The van der Waals surface area contributed by atoms with Crippen LogP contribution < -0.4 is 5.32 Å². The molecule has 0 bridgehead atoms. The van der Waals surface area contributed by atoms with Crippen LogP contribution in [0.25, 0.3) is 0 Å². The van der Waals surface area contributed by atoms with Gasteiger partial charge in [-0.15, -0.1) is 11.8 Å². The second-order valence-electron chi connectivity index (χ2n) is 5.43. The van der Waals surface area contributed by atoms with Crippen molar-refractivity contribution in [3.8, 4) is 0 Å². The molecule has 2 aromatic rings. The normalized spacial score (nSPS) is 11.2. The average molecular weight is 289 g/mol. The molecular weight excluding hydrogens is 266 g/mol. The van der Waals surface area contributed by atoms with Gasteiger partial charge in [-0.1, -0.05) is 32.0 Å². The molecule has 0 saturated carbocycles. The van der Waals surface area contributed by atoms with Gasteiger partial charge in [-0.05, 0) is 31.0 Å². The summed E-state index contributed by atoms with van der Waals surface area (Å²) in [6, 6.07) is 8.46. The second-order valence-corrected chi connectivity index (χ2v) is 6.45. The molecule has 0 aliphatic heterocycles. The molecule has 0 aliphatic carbocycles. The molecule has 20 heavy (non-hydrogen) atoms. The SMILES string of the molecule is Cc1ccccc1SCc1ncc(CNCC(C)C)[nH]1. The Bertz CT molecular complexity index is 534. The van der Waals surface area contributed by atoms with Crippen molar-refractivity contribution in [1.29, 1.82) is 0 Å². The van der Waals surface area contributed by atoms with Gasteiger partial charge in [0.25, 0.3) is 0 Å². The van der Waals surface area contributed by atoms with Crippen molar-refractivity contribution in [3.63, 3.8) is 0 Å². The largest absolute Gasteiger partial charge is 0.344 e. The van der Waals surface area contributed by atoms with Crippen molar-refractivity contribution in [3.05, 3.63) is 47.5 Å². The molecule has 0 spiro atoms. The zero-order chi connectivity index (χ0) is 14.4. The Kier molecular flexibility index (Phi) is 5.68. The van der Waals surface area contributed by atoms with E-state index in [0.29, 0.717) is 5.92 Å². The number of nitrogens with zero attached hydrogens (tertiary/aromatic N) is 1. The van der Waals surface area contributed by atoms with Crippen molar-refractivity contribution >= 4 is 11.8 Å². The fourth-order valence-electron chi connectivity index (χ4n) is 1.93. The summed E-state index contributed by atoms with van der Waals surface area (Å²) in [7, 11) is 0. The third-order valence-corrected chi connectivity index (χ3v) is 4.19. The van der Waals surface area contributed by atoms with Crippen LogP contribution >= 0.6 is 11.8 Å². The van der Waals surface area contributed by atoms with Crippen molar-refractivity contribution < 1.29 is 0 Å². The summed E-state index contributed by atoms with van der Waals surface area (Å²) in [6.07, 6.45) is 1.93. The number of hydrogen-bond acceptors (Lipinski definition) is 3. The summed E-state index contributed by atoms with van der Waals surface area (Å²) in [5.74, 6) is 2.60. The number of aromatic nitrogens is 2. The summed E-state index contributed by atoms with van der Waals surface area (Å²) in [5.41, 5.74) is 2.48. The van der Waals surface area contributed by atoms with Gasteiger partial charge < -0.3 is 10.3 Å². The first-order valence-corrected chi connectivity index (χ1v) is 8.05. The highest BCUT2D eigenvalue weighted by molar-refractivity contribution is 7.98. The van der Waals surface area contributed by atoms with Crippen molar-refractivity contribution in [2.24, 2.45) is 5.92 Å². The molecule has 0 unspecified atom stereocenters. The van der Waals surface area contributed by atoms with Gasteiger partial charge in [-0.3, -0.25) is 0 Å². The smallest absolute Gasteiger partial charge is 0.116 e. The predicted molar refractivity (Wildman–Crippen MR) is 85.9 cm³/mol. The molecule has 2 N–H and O–H groups in total. The van der Waals surface area contributed by atoms with E-state index in [1.807, 2.05) is 18.0 Å². The van der Waals surface area contributed by atoms with Gasteiger partial charge in [0, 0.05) is 23.3 Å². The van der Waals surface area contributed by atoms with Crippen LogP contribution in [0.5, 0.6) is 0 Å². The fourth-order valence-corrected chi connectivity index (χ4v) is 2.84. The molecule has 4 heteroatoms. The van der Waals surface area contributed by atoms with Gasteiger partial charge in [0.05, 0.1) is 5.75 Å². The molecule has 1 heterocycles. The van der Waals surface area contributed by atoms with Crippen LogP contribution in [0.2, 0.25) is 0 Å². The number of H-pyrrole nitrogens is 1. The van der Waals surface area contributed by atoms with Gasteiger partial charge in [0.15, 0.2) is 0 Å². The fraction of sp³-hybridized carbons (Fsp3) is 0.438. The van der Waals surface area contributed by atoms with Crippen LogP contribution in [0.4, 0.5) is 0 Å². The number of aromatic amines is 1. The standard InChI is InChI=1S/C16H23N3S/c1-12(2)8-17-9-14-10-18-16(19-14)11-20-15-7-5-4-6-13(15)3/h4-7,10,12,17H,8-9,11H2,1-3H3,(H,18,19). The third kappa shape index (κ3) is 4.69. The maximum Gasteiger partial charge on any atom is 0.116 e. The summed E-state index contributed by atoms with van der Waals surface area (Å²) in [6.45, 7) is 8.46. The first-order chi connectivity index (χ1) is 9.65. The van der Waals surface area contributed by atoms with E-state index in [4.69, 9.17) is 0 Å². The van der Waals surface area contributed by atoms with E-state index in [1.165, 1.54) is 10.5 Å². The minimum absolute atomic E-state index is 0.675. The Labute approximate surface area is 125 Å². The number of nitrogens with one attached hydrogen (secondary N) is 2. The molecule has 0 saturated heterocycles. The molecule has 2 rings (SSSR count). The average Bonchev–Trinajstić information content (AvgIpc) is 2.85. The molecule has 1 aromatic carbocycles. The van der Waals surface area contributed by atoms with Crippen molar-refractivity contribution in [1.82, 2.24) is 15.3 Å². The van der Waals surface area contributed by atoms with E-state index in [-0.39, 0.29) is 0 Å². The molecule has 0 aliphatic rings. The molecular formula is C16H23N3S. The first kappa shape index (κ1) is 15.1. The van der Waals surface area contributed by atoms with E-state index in [1.54, 1.807) is 0 Å². The zero-order valence-corrected chi connectivity index (χ0v) is 13.3. The van der Waals surface area contributed by atoms with Gasteiger partial charge >= 0.3 is 0 Å².